The van der Waals surface area contributed by atoms with Crippen molar-refractivity contribution in [1.29, 1.82) is 0 Å². The standard InChI is InChI=1S/C12H18N4O2/c1-8-7-18-9(2)6-16(8)11-5-14-4-3-10(11)12(13)15-17/h3-5,8-9,17H,6-7H2,1-2H3,(H2,13,15). The molecule has 1 saturated heterocycles. The molecule has 2 heterocycles. The predicted octanol–water partition coefficient (Wildman–Crippen LogP) is 0.790. The van der Waals surface area contributed by atoms with Gasteiger partial charge in [0.05, 0.1) is 24.6 Å². The molecule has 1 aliphatic rings. The Morgan fingerprint density at radius 2 is 2.39 bits per heavy atom. The lowest BCUT2D eigenvalue weighted by molar-refractivity contribution is 0.0343. The van der Waals surface area contributed by atoms with E-state index in [1.165, 1.54) is 0 Å². The lowest BCUT2D eigenvalue weighted by Crippen LogP contribution is -2.48. The summed E-state index contributed by atoms with van der Waals surface area (Å²) in [5.41, 5.74) is 7.26. The molecule has 98 valence electrons. The first-order chi connectivity index (χ1) is 8.63. The molecule has 0 saturated carbocycles. The topological polar surface area (TPSA) is 84.0 Å². The van der Waals surface area contributed by atoms with Gasteiger partial charge in [0.25, 0.3) is 0 Å². The highest BCUT2D eigenvalue weighted by molar-refractivity contribution is 6.02. The van der Waals surface area contributed by atoms with Gasteiger partial charge in [0.2, 0.25) is 0 Å². The molecular weight excluding hydrogens is 232 g/mol. The summed E-state index contributed by atoms with van der Waals surface area (Å²) in [6, 6.07) is 1.98. The number of hydrogen-bond acceptors (Lipinski definition) is 5. The smallest absolute Gasteiger partial charge is 0.172 e. The van der Waals surface area contributed by atoms with Crippen molar-refractivity contribution in [2.24, 2.45) is 10.9 Å². The minimum Gasteiger partial charge on any atom is -0.409 e. The molecule has 1 aromatic heterocycles. The highest BCUT2D eigenvalue weighted by Gasteiger charge is 2.26. The van der Waals surface area contributed by atoms with Crippen LogP contribution in [-0.2, 0) is 4.74 Å². The number of nitrogens with two attached hydrogens (primary N) is 1. The van der Waals surface area contributed by atoms with E-state index in [0.717, 1.165) is 12.2 Å². The minimum atomic E-state index is 0.0961. The first-order valence-electron chi connectivity index (χ1n) is 5.93. The SMILES string of the molecule is CC1CN(c2cnccc2/C(N)=N/O)C(C)CO1. The van der Waals surface area contributed by atoms with Gasteiger partial charge in [0.15, 0.2) is 5.84 Å². The summed E-state index contributed by atoms with van der Waals surface area (Å²) in [6.45, 7) is 5.53. The summed E-state index contributed by atoms with van der Waals surface area (Å²) in [5.74, 6) is 0.0961. The highest BCUT2D eigenvalue weighted by Crippen LogP contribution is 2.24. The monoisotopic (exact) mass is 250 g/mol. The largest absolute Gasteiger partial charge is 0.409 e. The molecule has 0 amide bonds. The first kappa shape index (κ1) is 12.6. The van der Waals surface area contributed by atoms with Crippen LogP contribution in [0.4, 0.5) is 5.69 Å². The summed E-state index contributed by atoms with van der Waals surface area (Å²) >= 11 is 0. The Morgan fingerprint density at radius 3 is 3.11 bits per heavy atom. The van der Waals surface area contributed by atoms with Crippen LogP contribution in [-0.4, -0.2) is 41.3 Å². The van der Waals surface area contributed by atoms with Crippen molar-refractivity contribution in [2.75, 3.05) is 18.1 Å². The second kappa shape index (κ2) is 5.22. The number of nitrogens with zero attached hydrogens (tertiary/aromatic N) is 3. The lowest BCUT2D eigenvalue weighted by atomic mass is 10.1. The average Bonchev–Trinajstić information content (AvgIpc) is 2.40. The van der Waals surface area contributed by atoms with Crippen molar-refractivity contribution in [3.05, 3.63) is 24.0 Å². The molecule has 2 atom stereocenters. The molecule has 6 heteroatoms. The van der Waals surface area contributed by atoms with Gasteiger partial charge in [-0.1, -0.05) is 5.16 Å². The molecule has 18 heavy (non-hydrogen) atoms. The Hall–Kier alpha value is -1.82. The van der Waals surface area contributed by atoms with Crippen LogP contribution >= 0.6 is 0 Å². The average molecular weight is 250 g/mol. The molecule has 1 aliphatic heterocycles. The van der Waals surface area contributed by atoms with Crippen molar-refractivity contribution in [1.82, 2.24) is 4.98 Å². The van der Waals surface area contributed by atoms with Crippen molar-refractivity contribution in [3.63, 3.8) is 0 Å². The van der Waals surface area contributed by atoms with E-state index in [2.05, 4.69) is 22.0 Å². The van der Waals surface area contributed by atoms with E-state index < -0.39 is 0 Å². The second-order valence-electron chi connectivity index (χ2n) is 4.52. The maximum absolute atomic E-state index is 8.83. The van der Waals surface area contributed by atoms with Crippen molar-refractivity contribution < 1.29 is 9.94 Å². The molecule has 0 radical (unpaired) electrons. The van der Waals surface area contributed by atoms with Crippen LogP contribution in [0.1, 0.15) is 19.4 Å². The molecule has 0 aromatic carbocycles. The van der Waals surface area contributed by atoms with E-state index in [1.807, 2.05) is 6.92 Å². The number of anilines is 1. The van der Waals surface area contributed by atoms with Crippen LogP contribution in [0.5, 0.6) is 0 Å². The fraction of sp³-hybridized carbons (Fsp3) is 0.500. The summed E-state index contributed by atoms with van der Waals surface area (Å²) in [6.07, 6.45) is 3.52. The zero-order chi connectivity index (χ0) is 13.1. The fourth-order valence-corrected chi connectivity index (χ4v) is 2.12. The summed E-state index contributed by atoms with van der Waals surface area (Å²) in [7, 11) is 0. The van der Waals surface area contributed by atoms with Crippen LogP contribution in [0, 0.1) is 0 Å². The number of aromatic nitrogens is 1. The molecule has 2 unspecified atom stereocenters. The Morgan fingerprint density at radius 1 is 1.61 bits per heavy atom. The van der Waals surface area contributed by atoms with Gasteiger partial charge in [-0.15, -0.1) is 0 Å². The summed E-state index contributed by atoms with van der Waals surface area (Å²) < 4.78 is 5.60. The maximum atomic E-state index is 8.83. The highest BCUT2D eigenvalue weighted by atomic mass is 16.5. The lowest BCUT2D eigenvalue weighted by Gasteiger charge is -2.39. The third-order valence-electron chi connectivity index (χ3n) is 3.10. The number of amidine groups is 1. The number of morpholine rings is 1. The van der Waals surface area contributed by atoms with Crippen LogP contribution < -0.4 is 10.6 Å². The number of hydrogen-bond donors (Lipinski definition) is 2. The third-order valence-corrected chi connectivity index (χ3v) is 3.10. The van der Waals surface area contributed by atoms with Crippen molar-refractivity contribution in [2.45, 2.75) is 26.0 Å². The molecule has 1 aromatic rings. The molecule has 6 nitrogen and oxygen atoms in total. The number of oxime groups is 1. The van der Waals surface area contributed by atoms with Gasteiger partial charge in [0, 0.05) is 24.3 Å². The van der Waals surface area contributed by atoms with Crippen LogP contribution in [0.25, 0.3) is 0 Å². The third kappa shape index (κ3) is 2.38. The molecule has 1 fully saturated rings. The van der Waals surface area contributed by atoms with Crippen molar-refractivity contribution in [3.8, 4) is 0 Å². The molecule has 0 aliphatic carbocycles. The van der Waals surface area contributed by atoms with E-state index in [4.69, 9.17) is 15.7 Å². The van der Waals surface area contributed by atoms with Gasteiger partial charge in [-0.25, -0.2) is 0 Å². The zero-order valence-electron chi connectivity index (χ0n) is 10.6. The molecule has 0 bridgehead atoms. The van der Waals surface area contributed by atoms with Gasteiger partial charge in [0.1, 0.15) is 0 Å². The fourth-order valence-electron chi connectivity index (χ4n) is 2.12. The van der Waals surface area contributed by atoms with Gasteiger partial charge >= 0.3 is 0 Å². The minimum absolute atomic E-state index is 0.0961. The summed E-state index contributed by atoms with van der Waals surface area (Å²) in [5, 5.41) is 11.9. The summed E-state index contributed by atoms with van der Waals surface area (Å²) in [4.78, 5) is 6.30. The van der Waals surface area contributed by atoms with Crippen LogP contribution in [0.15, 0.2) is 23.6 Å². The normalized spacial score (nSPS) is 25.2. The first-order valence-corrected chi connectivity index (χ1v) is 5.93. The number of pyridine rings is 1. The quantitative estimate of drug-likeness (QED) is 0.351. The number of rotatable bonds is 2. The zero-order valence-corrected chi connectivity index (χ0v) is 10.6. The van der Waals surface area contributed by atoms with Crippen LogP contribution in [0.3, 0.4) is 0 Å². The Labute approximate surface area is 106 Å². The molecular formula is C12H18N4O2. The Bertz CT molecular complexity index is 449. The predicted molar refractivity (Wildman–Crippen MR) is 69.0 cm³/mol. The van der Waals surface area contributed by atoms with E-state index in [9.17, 15) is 0 Å². The van der Waals surface area contributed by atoms with Gasteiger partial charge in [-0.05, 0) is 19.9 Å². The second-order valence-corrected chi connectivity index (χ2v) is 4.52. The molecule has 2 rings (SSSR count). The number of ether oxygens (including phenoxy) is 1. The Balaban J connectivity index is 2.37. The molecule has 0 spiro atoms. The van der Waals surface area contributed by atoms with Gasteiger partial charge in [-0.2, -0.15) is 0 Å². The van der Waals surface area contributed by atoms with Gasteiger partial charge in [-0.3, -0.25) is 4.98 Å². The van der Waals surface area contributed by atoms with E-state index in [-0.39, 0.29) is 18.0 Å². The van der Waals surface area contributed by atoms with E-state index in [0.29, 0.717) is 12.2 Å². The van der Waals surface area contributed by atoms with Gasteiger partial charge < -0.3 is 20.6 Å². The molecule has 3 N–H and O–H groups in total. The Kier molecular flexibility index (Phi) is 3.66. The van der Waals surface area contributed by atoms with Crippen molar-refractivity contribution >= 4 is 11.5 Å². The van der Waals surface area contributed by atoms with Crippen LogP contribution in [0.2, 0.25) is 0 Å². The maximum Gasteiger partial charge on any atom is 0.172 e. The van der Waals surface area contributed by atoms with E-state index in [1.54, 1.807) is 18.5 Å². The van der Waals surface area contributed by atoms with E-state index >= 15 is 0 Å².